The molecule has 0 aromatic heterocycles. The number of carbonyl (C=O) groups excluding carboxylic acids is 2. The maximum atomic E-state index is 11.4. The van der Waals surface area contributed by atoms with E-state index in [0.29, 0.717) is 5.56 Å². The van der Waals surface area contributed by atoms with Gasteiger partial charge in [0.25, 0.3) is 5.78 Å². The normalized spacial score (nSPS) is 9.57. The minimum absolute atomic E-state index is 0.217. The fourth-order valence-electron chi connectivity index (χ4n) is 0.944. The zero-order valence-corrected chi connectivity index (χ0v) is 9.78. The van der Waals surface area contributed by atoms with Gasteiger partial charge >= 0.3 is 5.97 Å². The summed E-state index contributed by atoms with van der Waals surface area (Å²) in [5.41, 5.74) is 0.371. The van der Waals surface area contributed by atoms with E-state index in [1.807, 2.05) is 6.07 Å². The van der Waals surface area contributed by atoms with E-state index in [4.69, 9.17) is 0 Å². The van der Waals surface area contributed by atoms with Crippen molar-refractivity contribution in [2.24, 2.45) is 0 Å². The van der Waals surface area contributed by atoms with E-state index in [0.717, 1.165) is 3.57 Å². The van der Waals surface area contributed by atoms with Crippen molar-refractivity contribution in [3.8, 4) is 0 Å². The van der Waals surface area contributed by atoms with Crippen LogP contribution in [0.3, 0.4) is 0 Å². The summed E-state index contributed by atoms with van der Waals surface area (Å²) < 4.78 is 5.52. The topological polar surface area (TPSA) is 43.4 Å². The van der Waals surface area contributed by atoms with Crippen LogP contribution >= 0.6 is 22.6 Å². The highest BCUT2D eigenvalue weighted by atomic mass is 127. The van der Waals surface area contributed by atoms with Crippen molar-refractivity contribution in [1.29, 1.82) is 0 Å². The summed E-state index contributed by atoms with van der Waals surface area (Å²) in [6.07, 6.45) is 0. The Morgan fingerprint density at radius 3 is 2.71 bits per heavy atom. The Morgan fingerprint density at radius 1 is 1.43 bits per heavy atom. The lowest BCUT2D eigenvalue weighted by Gasteiger charge is -2.00. The molecule has 0 saturated heterocycles. The van der Waals surface area contributed by atoms with E-state index in [9.17, 15) is 9.59 Å². The molecular formula is C10H9IO3. The van der Waals surface area contributed by atoms with Gasteiger partial charge in [-0.1, -0.05) is 12.1 Å². The van der Waals surface area contributed by atoms with Gasteiger partial charge in [-0.25, -0.2) is 4.79 Å². The van der Waals surface area contributed by atoms with E-state index in [1.54, 1.807) is 25.1 Å². The SMILES string of the molecule is CCOC(=O)C(=O)c1cccc(I)c1. The molecule has 0 heterocycles. The molecule has 0 aliphatic heterocycles. The first kappa shape index (κ1) is 11.2. The molecule has 0 amide bonds. The third-order valence-corrected chi connectivity index (χ3v) is 2.22. The van der Waals surface area contributed by atoms with Gasteiger partial charge < -0.3 is 4.74 Å². The molecule has 74 valence electrons. The lowest BCUT2D eigenvalue weighted by atomic mass is 10.1. The second-order valence-electron chi connectivity index (χ2n) is 2.56. The summed E-state index contributed by atoms with van der Waals surface area (Å²) in [6, 6.07) is 6.83. The number of ether oxygens (including phenoxy) is 1. The van der Waals surface area contributed by atoms with Crippen LogP contribution in [0.15, 0.2) is 24.3 Å². The quantitative estimate of drug-likeness (QED) is 0.371. The molecule has 0 atom stereocenters. The van der Waals surface area contributed by atoms with Crippen LogP contribution in [0, 0.1) is 3.57 Å². The van der Waals surface area contributed by atoms with Crippen molar-refractivity contribution < 1.29 is 14.3 Å². The van der Waals surface area contributed by atoms with Gasteiger partial charge in [0.2, 0.25) is 0 Å². The van der Waals surface area contributed by atoms with Crippen molar-refractivity contribution in [2.45, 2.75) is 6.92 Å². The van der Waals surface area contributed by atoms with E-state index in [2.05, 4.69) is 27.3 Å². The molecule has 0 aliphatic rings. The summed E-state index contributed by atoms with van der Waals surface area (Å²) in [4.78, 5) is 22.5. The predicted molar refractivity (Wildman–Crippen MR) is 60.1 cm³/mol. The van der Waals surface area contributed by atoms with Crippen LogP contribution < -0.4 is 0 Å². The molecule has 0 aliphatic carbocycles. The molecule has 1 aromatic rings. The largest absolute Gasteiger partial charge is 0.460 e. The van der Waals surface area contributed by atoms with Gasteiger partial charge in [-0.3, -0.25) is 4.79 Å². The second-order valence-corrected chi connectivity index (χ2v) is 3.81. The van der Waals surface area contributed by atoms with Gasteiger partial charge in [0, 0.05) is 9.13 Å². The van der Waals surface area contributed by atoms with Crippen LogP contribution in [-0.2, 0) is 9.53 Å². The minimum Gasteiger partial charge on any atom is -0.460 e. The molecule has 14 heavy (non-hydrogen) atoms. The predicted octanol–water partition coefficient (Wildman–Crippen LogP) is 2.04. The molecule has 0 saturated carbocycles. The van der Waals surface area contributed by atoms with Crippen LogP contribution in [0.5, 0.6) is 0 Å². The van der Waals surface area contributed by atoms with E-state index in [-0.39, 0.29) is 6.61 Å². The number of benzene rings is 1. The van der Waals surface area contributed by atoms with Gasteiger partial charge in [0.05, 0.1) is 6.61 Å². The Morgan fingerprint density at radius 2 is 2.14 bits per heavy atom. The first-order chi connectivity index (χ1) is 6.65. The number of ketones is 1. The van der Waals surface area contributed by atoms with E-state index in [1.165, 1.54) is 0 Å². The Labute approximate surface area is 95.6 Å². The number of carbonyl (C=O) groups is 2. The number of esters is 1. The average molecular weight is 304 g/mol. The average Bonchev–Trinajstić information content (AvgIpc) is 2.17. The minimum atomic E-state index is -0.797. The van der Waals surface area contributed by atoms with E-state index < -0.39 is 11.8 Å². The molecule has 1 aromatic carbocycles. The monoisotopic (exact) mass is 304 g/mol. The number of hydrogen-bond donors (Lipinski definition) is 0. The molecule has 1 rings (SSSR count). The molecule has 0 fully saturated rings. The number of halogens is 1. The number of rotatable bonds is 3. The number of Topliss-reactive ketones (excluding diaryl/α,β-unsaturated/α-hetero) is 1. The highest BCUT2D eigenvalue weighted by Gasteiger charge is 2.16. The summed E-state index contributed by atoms with van der Waals surface area (Å²) in [5, 5.41) is 0. The van der Waals surface area contributed by atoms with Crippen LogP contribution in [0.4, 0.5) is 0 Å². The lowest BCUT2D eigenvalue weighted by molar-refractivity contribution is -0.137. The molecular weight excluding hydrogens is 295 g/mol. The summed E-state index contributed by atoms with van der Waals surface area (Å²) in [5.74, 6) is -1.39. The van der Waals surface area contributed by atoms with Crippen molar-refractivity contribution in [3.63, 3.8) is 0 Å². The van der Waals surface area contributed by atoms with Gasteiger partial charge in [-0.05, 0) is 41.6 Å². The fraction of sp³-hybridized carbons (Fsp3) is 0.200. The van der Waals surface area contributed by atoms with Gasteiger partial charge in [-0.2, -0.15) is 0 Å². The standard InChI is InChI=1S/C10H9IO3/c1-2-14-10(13)9(12)7-4-3-5-8(11)6-7/h3-6H,2H2,1H3. The van der Waals surface area contributed by atoms with Gasteiger partial charge in [0.15, 0.2) is 0 Å². The highest BCUT2D eigenvalue weighted by Crippen LogP contribution is 2.08. The molecule has 0 unspecified atom stereocenters. The van der Waals surface area contributed by atoms with Gasteiger partial charge in [0.1, 0.15) is 0 Å². The number of hydrogen-bond acceptors (Lipinski definition) is 3. The van der Waals surface area contributed by atoms with Crippen LogP contribution in [0.25, 0.3) is 0 Å². The zero-order valence-electron chi connectivity index (χ0n) is 7.62. The Balaban J connectivity index is 2.84. The molecule has 0 radical (unpaired) electrons. The highest BCUT2D eigenvalue weighted by molar-refractivity contribution is 14.1. The van der Waals surface area contributed by atoms with Crippen molar-refractivity contribution in [1.82, 2.24) is 0 Å². The molecule has 0 bridgehead atoms. The first-order valence-corrected chi connectivity index (χ1v) is 5.20. The first-order valence-electron chi connectivity index (χ1n) is 4.12. The zero-order chi connectivity index (χ0) is 10.6. The summed E-state index contributed by atoms with van der Waals surface area (Å²) in [7, 11) is 0. The van der Waals surface area contributed by atoms with Crippen LogP contribution in [-0.4, -0.2) is 18.4 Å². The van der Waals surface area contributed by atoms with Gasteiger partial charge in [-0.15, -0.1) is 0 Å². The van der Waals surface area contributed by atoms with Crippen molar-refractivity contribution in [2.75, 3.05) is 6.61 Å². The second kappa shape index (κ2) is 5.09. The molecule has 0 spiro atoms. The maximum absolute atomic E-state index is 11.4. The van der Waals surface area contributed by atoms with Crippen LogP contribution in [0.1, 0.15) is 17.3 Å². The lowest BCUT2D eigenvalue weighted by Crippen LogP contribution is -2.17. The third kappa shape index (κ3) is 2.80. The molecule has 0 N–H and O–H groups in total. The molecule has 3 nitrogen and oxygen atoms in total. The summed E-state index contributed by atoms with van der Waals surface area (Å²) >= 11 is 2.08. The Kier molecular flexibility index (Phi) is 4.06. The summed E-state index contributed by atoms with van der Waals surface area (Å²) in [6.45, 7) is 1.88. The fourth-order valence-corrected chi connectivity index (χ4v) is 1.49. The van der Waals surface area contributed by atoms with E-state index >= 15 is 0 Å². The van der Waals surface area contributed by atoms with Crippen molar-refractivity contribution >= 4 is 34.3 Å². The molecule has 4 heteroatoms. The third-order valence-electron chi connectivity index (χ3n) is 1.55. The Bertz CT molecular complexity index is 360. The van der Waals surface area contributed by atoms with Crippen molar-refractivity contribution in [3.05, 3.63) is 33.4 Å². The van der Waals surface area contributed by atoms with Crippen LogP contribution in [0.2, 0.25) is 0 Å². The Hall–Kier alpha value is -0.910. The smallest absolute Gasteiger partial charge is 0.379 e. The maximum Gasteiger partial charge on any atom is 0.379 e.